The SMILES string of the molecule is CC1CCCC(CN)(NC(=O)C2CC3CCC2C3)C1. The standard InChI is InChI=1S/C16H28N2O/c1-11-3-2-6-16(9-11,10-17)18-15(19)14-8-12-4-5-13(14)7-12/h11-14H,2-10,17H2,1H3,(H,18,19). The van der Waals surface area contributed by atoms with E-state index in [1.165, 1.54) is 32.1 Å². The molecule has 3 saturated carbocycles. The number of carbonyl (C=O) groups is 1. The van der Waals surface area contributed by atoms with Gasteiger partial charge in [-0.25, -0.2) is 0 Å². The maximum Gasteiger partial charge on any atom is 0.223 e. The Labute approximate surface area is 116 Å². The van der Waals surface area contributed by atoms with Crippen LogP contribution in [0.1, 0.15) is 58.3 Å². The van der Waals surface area contributed by atoms with Crippen LogP contribution in [0, 0.1) is 23.7 Å². The zero-order valence-electron chi connectivity index (χ0n) is 12.2. The molecule has 2 bridgehead atoms. The molecule has 108 valence electrons. The number of fused-ring (bicyclic) bond motifs is 2. The molecule has 3 rings (SSSR count). The fraction of sp³-hybridized carbons (Fsp3) is 0.938. The Morgan fingerprint density at radius 1 is 1.32 bits per heavy atom. The summed E-state index contributed by atoms with van der Waals surface area (Å²) in [6, 6.07) is 0. The summed E-state index contributed by atoms with van der Waals surface area (Å²) in [7, 11) is 0. The second-order valence-corrected chi connectivity index (χ2v) is 7.46. The van der Waals surface area contributed by atoms with Crippen LogP contribution in [0.25, 0.3) is 0 Å². The van der Waals surface area contributed by atoms with Gasteiger partial charge in [-0.15, -0.1) is 0 Å². The lowest BCUT2D eigenvalue weighted by atomic mass is 9.75. The maximum atomic E-state index is 12.6. The van der Waals surface area contributed by atoms with Crippen molar-refractivity contribution in [3.8, 4) is 0 Å². The minimum atomic E-state index is -0.101. The van der Waals surface area contributed by atoms with Crippen LogP contribution in [-0.4, -0.2) is 18.0 Å². The van der Waals surface area contributed by atoms with Crippen LogP contribution in [-0.2, 0) is 4.79 Å². The fourth-order valence-electron chi connectivity index (χ4n) is 4.93. The fourth-order valence-corrected chi connectivity index (χ4v) is 4.93. The lowest BCUT2D eigenvalue weighted by molar-refractivity contribution is -0.129. The van der Waals surface area contributed by atoms with Crippen LogP contribution in [0.2, 0.25) is 0 Å². The summed E-state index contributed by atoms with van der Waals surface area (Å²) in [5.41, 5.74) is 5.91. The van der Waals surface area contributed by atoms with Crippen molar-refractivity contribution in [1.29, 1.82) is 0 Å². The van der Waals surface area contributed by atoms with Gasteiger partial charge in [-0.3, -0.25) is 4.79 Å². The van der Waals surface area contributed by atoms with Crippen LogP contribution < -0.4 is 11.1 Å². The summed E-state index contributed by atoms with van der Waals surface area (Å²) < 4.78 is 0. The highest BCUT2D eigenvalue weighted by atomic mass is 16.2. The molecule has 0 spiro atoms. The molecule has 1 amide bonds. The molecule has 0 aromatic carbocycles. The minimum absolute atomic E-state index is 0.101. The van der Waals surface area contributed by atoms with Crippen LogP contribution >= 0.6 is 0 Å². The van der Waals surface area contributed by atoms with E-state index in [0.29, 0.717) is 30.2 Å². The molecule has 0 aromatic heterocycles. The van der Waals surface area contributed by atoms with E-state index in [9.17, 15) is 4.79 Å². The van der Waals surface area contributed by atoms with Crippen LogP contribution in [0.4, 0.5) is 0 Å². The van der Waals surface area contributed by atoms with E-state index in [0.717, 1.165) is 25.2 Å². The highest BCUT2D eigenvalue weighted by Gasteiger charge is 2.45. The second-order valence-electron chi connectivity index (χ2n) is 7.46. The van der Waals surface area contributed by atoms with Crippen molar-refractivity contribution in [2.45, 2.75) is 63.8 Å². The van der Waals surface area contributed by atoms with E-state index in [-0.39, 0.29) is 5.54 Å². The highest BCUT2D eigenvalue weighted by Crippen LogP contribution is 2.48. The van der Waals surface area contributed by atoms with E-state index in [1.807, 2.05) is 0 Å². The second kappa shape index (κ2) is 5.08. The lowest BCUT2D eigenvalue weighted by Crippen LogP contribution is -2.57. The lowest BCUT2D eigenvalue weighted by Gasteiger charge is -2.41. The number of hydrogen-bond acceptors (Lipinski definition) is 2. The third kappa shape index (κ3) is 2.54. The van der Waals surface area contributed by atoms with Crippen LogP contribution in [0.5, 0.6) is 0 Å². The van der Waals surface area contributed by atoms with Gasteiger partial charge in [0.05, 0.1) is 5.54 Å². The smallest absolute Gasteiger partial charge is 0.223 e. The van der Waals surface area contributed by atoms with Crippen molar-refractivity contribution < 1.29 is 4.79 Å². The summed E-state index contributed by atoms with van der Waals surface area (Å²) in [4.78, 5) is 12.6. The Morgan fingerprint density at radius 3 is 2.74 bits per heavy atom. The molecule has 19 heavy (non-hydrogen) atoms. The molecule has 3 heteroatoms. The number of hydrogen-bond donors (Lipinski definition) is 2. The number of amides is 1. The predicted molar refractivity (Wildman–Crippen MR) is 76.5 cm³/mol. The maximum absolute atomic E-state index is 12.6. The Balaban J connectivity index is 1.64. The average Bonchev–Trinajstić information content (AvgIpc) is 3.01. The number of nitrogens with two attached hydrogens (primary N) is 1. The first-order valence-electron chi connectivity index (χ1n) is 8.14. The summed E-state index contributed by atoms with van der Waals surface area (Å²) in [5, 5.41) is 3.38. The Morgan fingerprint density at radius 2 is 2.16 bits per heavy atom. The molecule has 3 aliphatic carbocycles. The molecule has 3 N–H and O–H groups in total. The molecule has 0 aromatic rings. The van der Waals surface area contributed by atoms with Crippen molar-refractivity contribution in [2.75, 3.05) is 6.54 Å². The van der Waals surface area contributed by atoms with Crippen molar-refractivity contribution in [1.82, 2.24) is 5.32 Å². The number of carbonyl (C=O) groups excluding carboxylic acids is 1. The van der Waals surface area contributed by atoms with E-state index < -0.39 is 0 Å². The molecule has 3 aliphatic rings. The largest absolute Gasteiger partial charge is 0.349 e. The molecule has 0 radical (unpaired) electrons. The average molecular weight is 264 g/mol. The molecular formula is C16H28N2O. The zero-order valence-corrected chi connectivity index (χ0v) is 12.2. The predicted octanol–water partition coefficient (Wildman–Crippen LogP) is 2.45. The molecule has 5 unspecified atom stereocenters. The summed E-state index contributed by atoms with van der Waals surface area (Å²) in [6.45, 7) is 2.89. The van der Waals surface area contributed by atoms with E-state index in [4.69, 9.17) is 5.73 Å². The van der Waals surface area contributed by atoms with Gasteiger partial charge in [0.1, 0.15) is 0 Å². The third-order valence-corrected chi connectivity index (χ3v) is 5.95. The number of nitrogens with one attached hydrogen (secondary N) is 1. The van der Waals surface area contributed by atoms with Crippen molar-refractivity contribution >= 4 is 5.91 Å². The van der Waals surface area contributed by atoms with Gasteiger partial charge in [0.2, 0.25) is 5.91 Å². The van der Waals surface area contributed by atoms with Gasteiger partial charge in [0.25, 0.3) is 0 Å². The van der Waals surface area contributed by atoms with Gasteiger partial charge in [-0.1, -0.05) is 26.2 Å². The van der Waals surface area contributed by atoms with E-state index in [2.05, 4.69) is 12.2 Å². The van der Waals surface area contributed by atoms with Gasteiger partial charge in [0.15, 0.2) is 0 Å². The molecule has 3 nitrogen and oxygen atoms in total. The molecule has 0 saturated heterocycles. The molecule has 5 atom stereocenters. The molecule has 0 aliphatic heterocycles. The minimum Gasteiger partial charge on any atom is -0.349 e. The Kier molecular flexibility index (Phi) is 3.59. The van der Waals surface area contributed by atoms with Crippen molar-refractivity contribution in [2.24, 2.45) is 29.4 Å². The zero-order chi connectivity index (χ0) is 13.5. The monoisotopic (exact) mass is 264 g/mol. The summed E-state index contributed by atoms with van der Waals surface area (Å²) in [6.07, 6.45) is 9.68. The van der Waals surface area contributed by atoms with Crippen molar-refractivity contribution in [3.05, 3.63) is 0 Å². The molecule has 3 fully saturated rings. The summed E-state index contributed by atoms with van der Waals surface area (Å²) in [5.74, 6) is 2.80. The summed E-state index contributed by atoms with van der Waals surface area (Å²) >= 11 is 0. The topological polar surface area (TPSA) is 55.1 Å². The Bertz CT molecular complexity index is 357. The van der Waals surface area contributed by atoms with Crippen LogP contribution in [0.3, 0.4) is 0 Å². The van der Waals surface area contributed by atoms with Gasteiger partial charge < -0.3 is 11.1 Å². The highest BCUT2D eigenvalue weighted by molar-refractivity contribution is 5.80. The van der Waals surface area contributed by atoms with Gasteiger partial charge in [0, 0.05) is 12.5 Å². The van der Waals surface area contributed by atoms with E-state index in [1.54, 1.807) is 0 Å². The first-order valence-corrected chi connectivity index (χ1v) is 8.14. The van der Waals surface area contributed by atoms with Crippen LogP contribution in [0.15, 0.2) is 0 Å². The van der Waals surface area contributed by atoms with Gasteiger partial charge >= 0.3 is 0 Å². The number of rotatable bonds is 3. The van der Waals surface area contributed by atoms with E-state index >= 15 is 0 Å². The third-order valence-electron chi connectivity index (χ3n) is 5.95. The van der Waals surface area contributed by atoms with Gasteiger partial charge in [-0.05, 0) is 49.9 Å². The first-order chi connectivity index (χ1) is 9.12. The first kappa shape index (κ1) is 13.4. The normalized spacial score (nSPS) is 45.4. The quantitative estimate of drug-likeness (QED) is 0.822. The molecular weight excluding hydrogens is 236 g/mol. The van der Waals surface area contributed by atoms with Gasteiger partial charge in [-0.2, -0.15) is 0 Å². The Hall–Kier alpha value is -0.570. The van der Waals surface area contributed by atoms with Crippen molar-refractivity contribution in [3.63, 3.8) is 0 Å². The molecule has 0 heterocycles.